The van der Waals surface area contributed by atoms with Gasteiger partial charge in [0.1, 0.15) is 11.3 Å². The molecular formula is C17H14BrN3OS. The van der Waals surface area contributed by atoms with E-state index in [2.05, 4.69) is 31.8 Å². The molecule has 3 aromatic rings. The summed E-state index contributed by atoms with van der Waals surface area (Å²) in [5.74, 6) is 0.711. The van der Waals surface area contributed by atoms with E-state index < -0.39 is 0 Å². The van der Waals surface area contributed by atoms with Gasteiger partial charge in [-0.25, -0.2) is 0 Å². The zero-order valence-electron chi connectivity index (χ0n) is 12.3. The minimum atomic E-state index is 0.410. The molecule has 0 spiro atoms. The molecule has 3 rings (SSSR count). The smallest absolute Gasteiger partial charge is 0.191 e. The highest BCUT2D eigenvalue weighted by Gasteiger charge is 2.06. The first-order chi connectivity index (χ1) is 11.1. The number of rotatable bonds is 3. The van der Waals surface area contributed by atoms with Crippen molar-refractivity contribution in [1.29, 1.82) is 0 Å². The summed E-state index contributed by atoms with van der Waals surface area (Å²) in [5.41, 5.74) is 5.26. The van der Waals surface area contributed by atoms with E-state index in [1.54, 1.807) is 0 Å². The molecule has 0 aliphatic carbocycles. The first kappa shape index (κ1) is 15.7. The summed E-state index contributed by atoms with van der Waals surface area (Å²) in [6.45, 7) is 1.87. The summed E-state index contributed by atoms with van der Waals surface area (Å²) in [4.78, 5) is 0. The third kappa shape index (κ3) is 3.78. The van der Waals surface area contributed by atoms with E-state index in [0.717, 1.165) is 26.8 Å². The van der Waals surface area contributed by atoms with Crippen LogP contribution in [-0.2, 0) is 0 Å². The normalized spacial score (nSPS) is 11.5. The quantitative estimate of drug-likeness (QED) is 0.381. The Bertz CT molecular complexity index is 855. The van der Waals surface area contributed by atoms with Gasteiger partial charge in [-0.1, -0.05) is 30.3 Å². The van der Waals surface area contributed by atoms with Gasteiger partial charge in [0, 0.05) is 9.86 Å². The molecule has 0 saturated carbocycles. The largest absolute Gasteiger partial charge is 0.455 e. The van der Waals surface area contributed by atoms with Crippen LogP contribution in [0, 0.1) is 0 Å². The Labute approximate surface area is 147 Å². The first-order valence-corrected chi connectivity index (χ1v) is 8.18. The number of para-hydroxylation sites is 2. The number of anilines is 1. The summed E-state index contributed by atoms with van der Waals surface area (Å²) >= 11 is 8.71. The Hall–Kier alpha value is -2.18. The fourth-order valence-corrected chi connectivity index (χ4v) is 2.60. The third-order valence-electron chi connectivity index (χ3n) is 3.23. The lowest BCUT2D eigenvalue weighted by Crippen LogP contribution is -2.25. The minimum absolute atomic E-state index is 0.410. The summed E-state index contributed by atoms with van der Waals surface area (Å²) in [7, 11) is 0. The maximum absolute atomic E-state index is 5.76. The van der Waals surface area contributed by atoms with E-state index in [-0.39, 0.29) is 0 Å². The molecule has 1 heterocycles. The van der Waals surface area contributed by atoms with Crippen molar-refractivity contribution in [2.45, 2.75) is 6.92 Å². The van der Waals surface area contributed by atoms with Crippen LogP contribution in [-0.4, -0.2) is 10.8 Å². The Morgan fingerprint density at radius 3 is 2.65 bits per heavy atom. The van der Waals surface area contributed by atoms with Gasteiger partial charge < -0.3 is 9.73 Å². The van der Waals surface area contributed by atoms with E-state index in [1.807, 2.05) is 61.5 Å². The number of hydrazone groups is 1. The molecule has 0 unspecified atom stereocenters. The predicted octanol–water partition coefficient (Wildman–Crippen LogP) is 4.91. The van der Waals surface area contributed by atoms with Gasteiger partial charge in [-0.15, -0.1) is 0 Å². The molecule has 0 saturated heterocycles. The molecule has 0 bridgehead atoms. The van der Waals surface area contributed by atoms with Crippen LogP contribution in [0.2, 0.25) is 0 Å². The Morgan fingerprint density at radius 2 is 1.87 bits per heavy atom. The highest BCUT2D eigenvalue weighted by Crippen LogP contribution is 2.21. The van der Waals surface area contributed by atoms with Crippen LogP contribution in [0.4, 0.5) is 5.69 Å². The van der Waals surface area contributed by atoms with Gasteiger partial charge in [-0.05, 0) is 59.3 Å². The Kier molecular flexibility index (Phi) is 4.73. The molecule has 2 aromatic carbocycles. The topological polar surface area (TPSA) is 49.6 Å². The molecule has 116 valence electrons. The van der Waals surface area contributed by atoms with Gasteiger partial charge in [-0.2, -0.15) is 5.10 Å². The zero-order valence-corrected chi connectivity index (χ0v) is 14.7. The van der Waals surface area contributed by atoms with Crippen LogP contribution in [0.5, 0.6) is 0 Å². The van der Waals surface area contributed by atoms with E-state index in [0.29, 0.717) is 10.9 Å². The fraction of sp³-hybridized carbons (Fsp3) is 0.0588. The molecule has 1 aromatic heterocycles. The molecule has 4 nitrogen and oxygen atoms in total. The molecule has 0 aliphatic rings. The first-order valence-electron chi connectivity index (χ1n) is 6.98. The third-order valence-corrected chi connectivity index (χ3v) is 4.11. The number of halogens is 1. The molecule has 6 heteroatoms. The molecule has 2 N–H and O–H groups in total. The maximum Gasteiger partial charge on any atom is 0.191 e. The fourth-order valence-electron chi connectivity index (χ4n) is 2.06. The monoisotopic (exact) mass is 387 g/mol. The van der Waals surface area contributed by atoms with Gasteiger partial charge in [0.2, 0.25) is 0 Å². The van der Waals surface area contributed by atoms with Crippen molar-refractivity contribution in [3.8, 4) is 0 Å². The predicted molar refractivity (Wildman–Crippen MR) is 102 cm³/mol. The minimum Gasteiger partial charge on any atom is -0.455 e. The van der Waals surface area contributed by atoms with E-state index in [9.17, 15) is 0 Å². The molecule has 0 radical (unpaired) electrons. The summed E-state index contributed by atoms with van der Waals surface area (Å²) in [6.07, 6.45) is 0. The van der Waals surface area contributed by atoms with Crippen LogP contribution >= 0.6 is 28.1 Å². The van der Waals surface area contributed by atoms with Crippen molar-refractivity contribution in [2.75, 3.05) is 5.32 Å². The second-order valence-corrected chi connectivity index (χ2v) is 6.15. The zero-order chi connectivity index (χ0) is 16.2. The lowest BCUT2D eigenvalue weighted by Gasteiger charge is -2.08. The van der Waals surface area contributed by atoms with Crippen LogP contribution in [0.25, 0.3) is 11.0 Å². The molecule has 0 amide bonds. The number of furan rings is 1. The average Bonchev–Trinajstić information content (AvgIpc) is 2.99. The number of fused-ring (bicyclic) bond motifs is 1. The highest BCUT2D eigenvalue weighted by molar-refractivity contribution is 9.10. The van der Waals surface area contributed by atoms with Gasteiger partial charge in [0.15, 0.2) is 10.9 Å². The number of hydrogen-bond donors (Lipinski definition) is 2. The molecule has 23 heavy (non-hydrogen) atoms. The molecular weight excluding hydrogens is 374 g/mol. The maximum atomic E-state index is 5.76. The summed E-state index contributed by atoms with van der Waals surface area (Å²) in [5, 5.41) is 8.81. The molecule has 0 atom stereocenters. The van der Waals surface area contributed by atoms with Crippen molar-refractivity contribution in [3.05, 3.63) is 64.8 Å². The van der Waals surface area contributed by atoms with Crippen molar-refractivity contribution in [3.63, 3.8) is 0 Å². The second kappa shape index (κ2) is 6.93. The average molecular weight is 388 g/mol. The number of nitrogens with one attached hydrogen (secondary N) is 2. The number of benzene rings is 2. The van der Waals surface area contributed by atoms with Crippen LogP contribution in [0.3, 0.4) is 0 Å². The standard InChI is InChI=1S/C17H14BrN3OS/c1-11(16-10-12-6-2-5-9-15(12)22-16)20-21-17(23)19-14-8-4-3-7-13(14)18/h2-10H,1H3,(H2,19,21,23)/b20-11+. The van der Waals surface area contributed by atoms with Crippen molar-refractivity contribution < 1.29 is 4.42 Å². The SMILES string of the molecule is C/C(=N\NC(=S)Nc1ccccc1Br)c1cc2ccccc2o1. The van der Waals surface area contributed by atoms with Gasteiger partial charge in [-0.3, -0.25) is 5.43 Å². The van der Waals surface area contributed by atoms with E-state index in [1.165, 1.54) is 0 Å². The highest BCUT2D eigenvalue weighted by atomic mass is 79.9. The van der Waals surface area contributed by atoms with Crippen molar-refractivity contribution in [2.24, 2.45) is 5.10 Å². The van der Waals surface area contributed by atoms with Crippen LogP contribution in [0.1, 0.15) is 12.7 Å². The van der Waals surface area contributed by atoms with Crippen LogP contribution < -0.4 is 10.7 Å². The van der Waals surface area contributed by atoms with Gasteiger partial charge in [0.25, 0.3) is 0 Å². The summed E-state index contributed by atoms with van der Waals surface area (Å²) < 4.78 is 6.69. The Balaban J connectivity index is 1.69. The number of nitrogens with zero attached hydrogens (tertiary/aromatic N) is 1. The van der Waals surface area contributed by atoms with E-state index >= 15 is 0 Å². The number of thiocarbonyl (C=S) groups is 1. The van der Waals surface area contributed by atoms with Gasteiger partial charge >= 0.3 is 0 Å². The lowest BCUT2D eigenvalue weighted by molar-refractivity contribution is 0.603. The Morgan fingerprint density at radius 1 is 1.13 bits per heavy atom. The second-order valence-electron chi connectivity index (χ2n) is 4.89. The molecule has 0 fully saturated rings. The van der Waals surface area contributed by atoms with Gasteiger partial charge in [0.05, 0.1) is 5.69 Å². The van der Waals surface area contributed by atoms with E-state index in [4.69, 9.17) is 16.6 Å². The van der Waals surface area contributed by atoms with Crippen molar-refractivity contribution >= 4 is 55.6 Å². The van der Waals surface area contributed by atoms with Crippen molar-refractivity contribution in [1.82, 2.24) is 5.43 Å². The summed E-state index contributed by atoms with van der Waals surface area (Å²) in [6, 6.07) is 17.5. The lowest BCUT2D eigenvalue weighted by atomic mass is 10.2. The van der Waals surface area contributed by atoms with Crippen LogP contribution in [0.15, 0.2) is 68.6 Å². The molecule has 0 aliphatic heterocycles. The number of hydrogen-bond acceptors (Lipinski definition) is 3.